The normalized spacial score (nSPS) is 17.1. The lowest BCUT2D eigenvalue weighted by atomic mass is 9.93. The summed E-state index contributed by atoms with van der Waals surface area (Å²) in [6.07, 6.45) is 2.17. The van der Waals surface area contributed by atoms with E-state index in [2.05, 4.69) is 0 Å². The van der Waals surface area contributed by atoms with Crippen molar-refractivity contribution in [3.8, 4) is 0 Å². The molecule has 1 aliphatic heterocycles. The van der Waals surface area contributed by atoms with Crippen LogP contribution in [-0.2, 0) is 4.79 Å². The van der Waals surface area contributed by atoms with Crippen molar-refractivity contribution < 1.29 is 14.0 Å². The summed E-state index contributed by atoms with van der Waals surface area (Å²) in [5, 5.41) is 0. The van der Waals surface area contributed by atoms with Crippen LogP contribution in [0.1, 0.15) is 29.6 Å². The zero-order valence-corrected chi connectivity index (χ0v) is 11.3. The van der Waals surface area contributed by atoms with E-state index < -0.39 is 5.82 Å². The second kappa shape index (κ2) is 6.61. The van der Waals surface area contributed by atoms with Crippen molar-refractivity contribution in [1.82, 2.24) is 4.90 Å². The Balaban J connectivity index is 1.83. The van der Waals surface area contributed by atoms with Crippen LogP contribution >= 0.6 is 0 Å². The number of ketones is 1. The first-order chi connectivity index (χ1) is 9.54. The Kier molecular flexibility index (Phi) is 4.84. The number of hydrogen-bond donors (Lipinski definition) is 1. The van der Waals surface area contributed by atoms with Gasteiger partial charge in [0.15, 0.2) is 5.78 Å². The molecular weight excluding hydrogens is 259 g/mol. The van der Waals surface area contributed by atoms with Gasteiger partial charge in [0.05, 0.1) is 6.54 Å². The predicted octanol–water partition coefficient (Wildman–Crippen LogP) is 1.60. The van der Waals surface area contributed by atoms with Crippen molar-refractivity contribution in [3.05, 3.63) is 35.6 Å². The second-order valence-electron chi connectivity index (χ2n) is 5.32. The second-order valence-corrected chi connectivity index (χ2v) is 5.32. The first-order valence-corrected chi connectivity index (χ1v) is 6.84. The molecule has 0 aliphatic carbocycles. The molecule has 20 heavy (non-hydrogen) atoms. The Labute approximate surface area is 117 Å². The lowest BCUT2D eigenvalue weighted by Gasteiger charge is -2.30. The van der Waals surface area contributed by atoms with Gasteiger partial charge in [0, 0.05) is 12.0 Å². The minimum Gasteiger partial charge on any atom is -0.370 e. The fraction of sp³-hybridized carbons (Fsp3) is 0.467. The number of halogens is 1. The molecule has 0 atom stereocenters. The molecular formula is C15H19FN2O2. The van der Waals surface area contributed by atoms with Crippen LogP contribution in [-0.4, -0.2) is 36.2 Å². The molecule has 1 amide bonds. The largest absolute Gasteiger partial charge is 0.370 e. The predicted molar refractivity (Wildman–Crippen MR) is 73.7 cm³/mol. The number of likely N-dealkylation sites (tertiary alicyclic amines) is 1. The number of amides is 1. The third-order valence-electron chi connectivity index (χ3n) is 3.71. The van der Waals surface area contributed by atoms with Crippen molar-refractivity contribution >= 4 is 11.7 Å². The molecule has 1 heterocycles. The molecule has 0 radical (unpaired) electrons. The lowest BCUT2D eigenvalue weighted by Crippen LogP contribution is -2.38. The van der Waals surface area contributed by atoms with Crippen molar-refractivity contribution in [3.63, 3.8) is 0 Å². The molecule has 1 aliphatic rings. The standard InChI is InChI=1S/C15H19FN2O2/c16-13-3-1-2-12(9-13)14(19)10-18-6-4-11(5-7-18)8-15(17)20/h1-3,9,11H,4-8,10H2,(H2,17,20). The maximum absolute atomic E-state index is 13.1. The monoisotopic (exact) mass is 278 g/mol. The van der Waals surface area contributed by atoms with Gasteiger partial charge in [-0.2, -0.15) is 0 Å². The van der Waals surface area contributed by atoms with Crippen molar-refractivity contribution in [1.29, 1.82) is 0 Å². The van der Waals surface area contributed by atoms with Crippen LogP contribution in [0.25, 0.3) is 0 Å². The third-order valence-corrected chi connectivity index (χ3v) is 3.71. The maximum atomic E-state index is 13.1. The zero-order valence-electron chi connectivity index (χ0n) is 11.3. The Morgan fingerprint density at radius 2 is 2.00 bits per heavy atom. The van der Waals surface area contributed by atoms with E-state index in [-0.39, 0.29) is 11.7 Å². The number of carbonyl (C=O) groups excluding carboxylic acids is 2. The fourth-order valence-electron chi connectivity index (χ4n) is 2.59. The van der Waals surface area contributed by atoms with Gasteiger partial charge in [-0.25, -0.2) is 4.39 Å². The summed E-state index contributed by atoms with van der Waals surface area (Å²) in [4.78, 5) is 25.0. The first-order valence-electron chi connectivity index (χ1n) is 6.84. The highest BCUT2D eigenvalue weighted by molar-refractivity contribution is 5.97. The number of hydrogen-bond acceptors (Lipinski definition) is 3. The van der Waals surface area contributed by atoms with E-state index in [4.69, 9.17) is 5.73 Å². The molecule has 0 aromatic heterocycles. The Morgan fingerprint density at radius 1 is 1.30 bits per heavy atom. The minimum atomic E-state index is -0.393. The molecule has 108 valence electrons. The van der Waals surface area contributed by atoms with Gasteiger partial charge in [0.1, 0.15) is 5.82 Å². The Bertz CT molecular complexity index is 496. The SMILES string of the molecule is NC(=O)CC1CCN(CC(=O)c2cccc(F)c2)CC1. The molecule has 4 nitrogen and oxygen atoms in total. The summed E-state index contributed by atoms with van der Waals surface area (Å²) < 4.78 is 13.1. The third kappa shape index (κ3) is 4.13. The number of primary amides is 1. The zero-order chi connectivity index (χ0) is 14.5. The molecule has 0 saturated carbocycles. The van der Waals surface area contributed by atoms with Crippen LogP contribution in [0.3, 0.4) is 0 Å². The first kappa shape index (κ1) is 14.7. The molecule has 0 unspecified atom stereocenters. The number of Topliss-reactive ketones (excluding diaryl/α,β-unsaturated/α-hetero) is 1. The van der Waals surface area contributed by atoms with Crippen molar-refractivity contribution in [2.24, 2.45) is 11.7 Å². The number of benzene rings is 1. The average Bonchev–Trinajstić information content (AvgIpc) is 2.40. The molecule has 2 N–H and O–H groups in total. The summed E-state index contributed by atoms with van der Waals surface area (Å²) in [6.45, 7) is 1.85. The number of rotatable bonds is 5. The number of nitrogens with zero attached hydrogens (tertiary/aromatic N) is 1. The smallest absolute Gasteiger partial charge is 0.217 e. The molecule has 2 rings (SSSR count). The molecule has 1 saturated heterocycles. The van der Waals surface area contributed by atoms with Gasteiger partial charge >= 0.3 is 0 Å². The van der Waals surface area contributed by atoms with Crippen LogP contribution in [0, 0.1) is 11.7 Å². The maximum Gasteiger partial charge on any atom is 0.217 e. The van der Waals surface area contributed by atoms with Gasteiger partial charge < -0.3 is 5.73 Å². The fourth-order valence-corrected chi connectivity index (χ4v) is 2.59. The van der Waals surface area contributed by atoms with Gasteiger partial charge in [-0.05, 0) is 44.0 Å². The Hall–Kier alpha value is -1.75. The average molecular weight is 278 g/mol. The lowest BCUT2D eigenvalue weighted by molar-refractivity contribution is -0.119. The summed E-state index contributed by atoms with van der Waals surface area (Å²) in [5.74, 6) is -0.402. The molecule has 1 aromatic rings. The Morgan fingerprint density at radius 3 is 2.60 bits per heavy atom. The van der Waals surface area contributed by atoms with E-state index in [1.807, 2.05) is 4.90 Å². The van der Waals surface area contributed by atoms with Crippen LogP contribution in [0.5, 0.6) is 0 Å². The molecule has 5 heteroatoms. The van der Waals surface area contributed by atoms with E-state index in [0.29, 0.717) is 24.4 Å². The van der Waals surface area contributed by atoms with E-state index in [9.17, 15) is 14.0 Å². The topological polar surface area (TPSA) is 63.4 Å². The molecule has 1 aromatic carbocycles. The van der Waals surface area contributed by atoms with Gasteiger partial charge in [-0.15, -0.1) is 0 Å². The summed E-state index contributed by atoms with van der Waals surface area (Å²) in [7, 11) is 0. The molecule has 0 bridgehead atoms. The van der Waals surface area contributed by atoms with Gasteiger partial charge in [-0.3, -0.25) is 14.5 Å². The molecule has 0 spiro atoms. The summed E-state index contributed by atoms with van der Waals surface area (Å²) >= 11 is 0. The molecule has 1 fully saturated rings. The van der Waals surface area contributed by atoms with Gasteiger partial charge in [-0.1, -0.05) is 12.1 Å². The quantitative estimate of drug-likeness (QED) is 0.832. The highest BCUT2D eigenvalue weighted by Gasteiger charge is 2.22. The van der Waals surface area contributed by atoms with Crippen molar-refractivity contribution in [2.75, 3.05) is 19.6 Å². The van der Waals surface area contributed by atoms with Gasteiger partial charge in [0.2, 0.25) is 5.91 Å². The number of nitrogens with two attached hydrogens (primary N) is 1. The number of carbonyl (C=O) groups is 2. The summed E-state index contributed by atoms with van der Waals surface area (Å²) in [6, 6.07) is 5.77. The highest BCUT2D eigenvalue weighted by atomic mass is 19.1. The summed E-state index contributed by atoms with van der Waals surface area (Å²) in [5.41, 5.74) is 5.59. The van der Waals surface area contributed by atoms with Crippen LogP contribution in [0.2, 0.25) is 0 Å². The van der Waals surface area contributed by atoms with E-state index in [1.54, 1.807) is 12.1 Å². The van der Waals surface area contributed by atoms with Crippen LogP contribution in [0.4, 0.5) is 4.39 Å². The van der Waals surface area contributed by atoms with Crippen LogP contribution in [0.15, 0.2) is 24.3 Å². The van der Waals surface area contributed by atoms with Crippen molar-refractivity contribution in [2.45, 2.75) is 19.3 Å². The van der Waals surface area contributed by atoms with E-state index >= 15 is 0 Å². The van der Waals surface area contributed by atoms with Gasteiger partial charge in [0.25, 0.3) is 0 Å². The number of piperidine rings is 1. The van der Waals surface area contributed by atoms with E-state index in [0.717, 1.165) is 25.9 Å². The van der Waals surface area contributed by atoms with E-state index in [1.165, 1.54) is 12.1 Å². The van der Waals surface area contributed by atoms with Crippen LogP contribution < -0.4 is 5.73 Å². The highest BCUT2D eigenvalue weighted by Crippen LogP contribution is 2.20. The minimum absolute atomic E-state index is 0.0714.